The Balaban J connectivity index is 1.41. The first-order chi connectivity index (χ1) is 12.2. The van der Waals surface area contributed by atoms with Crippen LogP contribution in [0, 0.1) is 0 Å². The molecule has 2 aromatic rings. The van der Waals surface area contributed by atoms with Crippen molar-refractivity contribution in [2.45, 2.75) is 6.10 Å². The molecular weight excluding hydrogens is 316 g/mol. The van der Waals surface area contributed by atoms with Crippen LogP contribution in [-0.4, -0.2) is 57.7 Å². The monoisotopic (exact) mass is 343 g/mol. The molecule has 0 spiro atoms. The zero-order chi connectivity index (χ0) is 17.5. The van der Waals surface area contributed by atoms with Gasteiger partial charge in [-0.25, -0.2) is 0 Å². The number of nitrogens with zero attached hydrogens (tertiary/aromatic N) is 1. The summed E-state index contributed by atoms with van der Waals surface area (Å²) in [6, 6.07) is 18.0. The lowest BCUT2D eigenvalue weighted by molar-refractivity contribution is -0.903. The van der Waals surface area contributed by atoms with Crippen molar-refractivity contribution in [2.75, 3.05) is 51.3 Å². The highest BCUT2D eigenvalue weighted by molar-refractivity contribution is 5.46. The van der Waals surface area contributed by atoms with Gasteiger partial charge in [0.1, 0.15) is 30.8 Å². The molecule has 0 bridgehead atoms. The van der Waals surface area contributed by atoms with E-state index >= 15 is 0 Å². The van der Waals surface area contributed by atoms with E-state index in [9.17, 15) is 5.11 Å². The van der Waals surface area contributed by atoms with E-state index in [-0.39, 0.29) is 0 Å². The van der Waals surface area contributed by atoms with Crippen molar-refractivity contribution >= 4 is 5.69 Å². The third kappa shape index (κ3) is 5.11. The van der Waals surface area contributed by atoms with Crippen molar-refractivity contribution in [1.29, 1.82) is 0 Å². The summed E-state index contributed by atoms with van der Waals surface area (Å²) >= 11 is 0. The first-order valence-electron chi connectivity index (χ1n) is 8.83. The molecule has 0 saturated carbocycles. The van der Waals surface area contributed by atoms with Crippen LogP contribution in [0.1, 0.15) is 0 Å². The van der Waals surface area contributed by atoms with Crippen LogP contribution in [-0.2, 0) is 0 Å². The van der Waals surface area contributed by atoms with Gasteiger partial charge in [-0.2, -0.15) is 0 Å². The summed E-state index contributed by atoms with van der Waals surface area (Å²) in [5.74, 6) is 1.48. The molecule has 25 heavy (non-hydrogen) atoms. The number of methoxy groups -OCH3 is 1. The Morgan fingerprint density at radius 2 is 1.76 bits per heavy atom. The first kappa shape index (κ1) is 17.6. The Morgan fingerprint density at radius 3 is 2.48 bits per heavy atom. The molecule has 5 nitrogen and oxygen atoms in total. The van der Waals surface area contributed by atoms with Gasteiger partial charge >= 0.3 is 0 Å². The molecule has 2 aromatic carbocycles. The van der Waals surface area contributed by atoms with Crippen molar-refractivity contribution in [3.63, 3.8) is 0 Å². The number of benzene rings is 2. The Kier molecular flexibility index (Phi) is 6.14. The molecule has 1 aliphatic heterocycles. The number of piperazine rings is 1. The van der Waals surface area contributed by atoms with Gasteiger partial charge in [0.15, 0.2) is 0 Å². The molecule has 0 unspecified atom stereocenters. The number of rotatable bonds is 7. The summed E-state index contributed by atoms with van der Waals surface area (Å²) in [6.07, 6.45) is -0.468. The largest absolute Gasteiger partial charge is 0.497 e. The molecular formula is C20H27N2O3+. The van der Waals surface area contributed by atoms with E-state index in [2.05, 4.69) is 29.2 Å². The smallest absolute Gasteiger partial charge is 0.137 e. The third-order valence-electron chi connectivity index (χ3n) is 4.60. The number of hydrogen-bond acceptors (Lipinski definition) is 4. The van der Waals surface area contributed by atoms with Gasteiger partial charge in [-0.05, 0) is 24.3 Å². The minimum absolute atomic E-state index is 0.305. The van der Waals surface area contributed by atoms with Crippen molar-refractivity contribution in [3.05, 3.63) is 54.6 Å². The van der Waals surface area contributed by atoms with Crippen LogP contribution >= 0.6 is 0 Å². The third-order valence-corrected chi connectivity index (χ3v) is 4.60. The van der Waals surface area contributed by atoms with E-state index in [0.717, 1.165) is 37.7 Å². The average molecular weight is 343 g/mol. The van der Waals surface area contributed by atoms with E-state index in [1.165, 1.54) is 10.6 Å². The van der Waals surface area contributed by atoms with E-state index in [1.54, 1.807) is 7.11 Å². The fourth-order valence-electron chi connectivity index (χ4n) is 3.20. The number of aliphatic hydroxyl groups is 1. The van der Waals surface area contributed by atoms with Gasteiger partial charge in [0.2, 0.25) is 0 Å². The molecule has 5 heteroatoms. The quantitative estimate of drug-likeness (QED) is 0.782. The van der Waals surface area contributed by atoms with Crippen LogP contribution in [0.15, 0.2) is 54.6 Å². The molecule has 2 N–H and O–H groups in total. The molecule has 1 aliphatic rings. The second-order valence-electron chi connectivity index (χ2n) is 6.42. The van der Waals surface area contributed by atoms with Gasteiger partial charge in [-0.15, -0.1) is 0 Å². The van der Waals surface area contributed by atoms with Gasteiger partial charge in [0.05, 0.1) is 33.3 Å². The van der Waals surface area contributed by atoms with E-state index in [1.807, 2.05) is 30.3 Å². The standard InChI is InChI=1S/C20H26N2O3/c1-24-19-8-5-9-20(14-19)25-16-18(23)15-21-10-12-22(13-11-21)17-6-3-2-4-7-17/h2-9,14,18,23H,10-13,15-16H2,1H3/p+1/t18-/m1/s1. The van der Waals surface area contributed by atoms with Crippen molar-refractivity contribution in [2.24, 2.45) is 0 Å². The second-order valence-corrected chi connectivity index (χ2v) is 6.42. The van der Waals surface area contributed by atoms with Crippen LogP contribution in [0.2, 0.25) is 0 Å². The zero-order valence-corrected chi connectivity index (χ0v) is 14.7. The molecule has 0 radical (unpaired) electrons. The Hall–Kier alpha value is -2.24. The van der Waals surface area contributed by atoms with Crippen LogP contribution in [0.3, 0.4) is 0 Å². The minimum Gasteiger partial charge on any atom is -0.497 e. The SMILES string of the molecule is COc1cccc(OC[C@H](O)C[NH+]2CCN(c3ccccc3)CC2)c1. The number of quaternary nitrogens is 1. The number of ether oxygens (including phenoxy) is 2. The van der Waals surface area contributed by atoms with E-state index in [4.69, 9.17) is 9.47 Å². The summed E-state index contributed by atoms with van der Waals surface area (Å²) in [5.41, 5.74) is 1.28. The van der Waals surface area contributed by atoms with Gasteiger partial charge in [0.25, 0.3) is 0 Å². The van der Waals surface area contributed by atoms with E-state index in [0.29, 0.717) is 13.2 Å². The van der Waals surface area contributed by atoms with Crippen molar-refractivity contribution in [1.82, 2.24) is 0 Å². The van der Waals surface area contributed by atoms with Gasteiger partial charge in [-0.3, -0.25) is 0 Å². The molecule has 1 heterocycles. The molecule has 0 aliphatic carbocycles. The van der Waals surface area contributed by atoms with Crippen LogP contribution in [0.25, 0.3) is 0 Å². The Morgan fingerprint density at radius 1 is 1.04 bits per heavy atom. The summed E-state index contributed by atoms with van der Waals surface area (Å²) in [4.78, 5) is 3.83. The van der Waals surface area contributed by atoms with Crippen LogP contribution in [0.5, 0.6) is 11.5 Å². The highest BCUT2D eigenvalue weighted by atomic mass is 16.5. The number of hydrogen-bond donors (Lipinski definition) is 2. The fraction of sp³-hybridized carbons (Fsp3) is 0.400. The van der Waals surface area contributed by atoms with E-state index < -0.39 is 6.10 Å². The first-order valence-corrected chi connectivity index (χ1v) is 8.83. The molecule has 1 saturated heterocycles. The van der Waals surface area contributed by atoms with Crippen LogP contribution in [0.4, 0.5) is 5.69 Å². The second kappa shape index (κ2) is 8.74. The number of nitrogens with one attached hydrogen (secondary N) is 1. The maximum absolute atomic E-state index is 10.3. The Labute approximate surface area is 149 Å². The van der Waals surface area contributed by atoms with Gasteiger partial charge < -0.3 is 24.4 Å². The molecule has 0 amide bonds. The molecule has 0 aromatic heterocycles. The summed E-state index contributed by atoms with van der Waals surface area (Å²) in [6.45, 7) is 5.12. The molecule has 1 atom stereocenters. The summed E-state index contributed by atoms with van der Waals surface area (Å²) in [7, 11) is 1.63. The predicted octanol–water partition coefficient (Wildman–Crippen LogP) is 0.840. The van der Waals surface area contributed by atoms with Crippen molar-refractivity contribution in [3.8, 4) is 11.5 Å². The molecule has 134 valence electrons. The zero-order valence-electron chi connectivity index (χ0n) is 14.7. The maximum Gasteiger partial charge on any atom is 0.137 e. The lowest BCUT2D eigenvalue weighted by Crippen LogP contribution is -3.16. The minimum atomic E-state index is -0.468. The Bertz CT molecular complexity index is 642. The predicted molar refractivity (Wildman–Crippen MR) is 98.7 cm³/mol. The lowest BCUT2D eigenvalue weighted by atomic mass is 10.2. The molecule has 3 rings (SSSR count). The highest BCUT2D eigenvalue weighted by Crippen LogP contribution is 2.18. The van der Waals surface area contributed by atoms with Crippen LogP contribution < -0.4 is 19.3 Å². The lowest BCUT2D eigenvalue weighted by Gasteiger charge is -2.34. The number of anilines is 1. The number of aliphatic hydroxyl groups excluding tert-OH is 1. The topological polar surface area (TPSA) is 46.4 Å². The van der Waals surface area contributed by atoms with Crippen molar-refractivity contribution < 1.29 is 19.5 Å². The highest BCUT2D eigenvalue weighted by Gasteiger charge is 2.22. The summed E-state index contributed by atoms with van der Waals surface area (Å²) < 4.78 is 10.9. The fourth-order valence-corrected chi connectivity index (χ4v) is 3.20. The normalized spacial score (nSPS) is 16.5. The number of para-hydroxylation sites is 1. The molecule has 1 fully saturated rings. The summed E-state index contributed by atoms with van der Waals surface area (Å²) in [5, 5.41) is 10.3. The maximum atomic E-state index is 10.3. The van der Waals surface area contributed by atoms with Gasteiger partial charge in [0, 0.05) is 11.8 Å². The van der Waals surface area contributed by atoms with Gasteiger partial charge in [-0.1, -0.05) is 24.3 Å². The average Bonchev–Trinajstić information content (AvgIpc) is 2.68.